The number of nitrogens with zero attached hydrogens (tertiary/aromatic N) is 4. The third-order valence-corrected chi connectivity index (χ3v) is 7.11. The fraction of sp³-hybridized carbons (Fsp3) is 0.389. The third-order valence-electron chi connectivity index (χ3n) is 5.21. The Morgan fingerprint density at radius 1 is 1.00 bits per heavy atom. The van der Waals surface area contributed by atoms with Crippen molar-refractivity contribution in [2.24, 2.45) is 0 Å². The van der Waals surface area contributed by atoms with Crippen LogP contribution in [-0.2, 0) is 22.9 Å². The van der Waals surface area contributed by atoms with Crippen molar-refractivity contribution in [3.63, 3.8) is 0 Å². The Bertz CT molecular complexity index is 967. The van der Waals surface area contributed by atoms with Gasteiger partial charge in [-0.1, -0.05) is 6.07 Å². The van der Waals surface area contributed by atoms with Gasteiger partial charge < -0.3 is 4.90 Å². The first-order valence-corrected chi connectivity index (χ1v) is 10.4. The molecule has 1 aromatic carbocycles. The minimum Gasteiger partial charge on any atom is -0.354 e. The molecule has 2 aromatic rings. The summed E-state index contributed by atoms with van der Waals surface area (Å²) < 4.78 is 27.4. The number of sulfonamides is 1. The smallest absolute Gasteiger partial charge is 0.287 e. The second kappa shape index (κ2) is 6.90. The molecule has 0 amide bonds. The largest absolute Gasteiger partial charge is 0.354 e. The van der Waals surface area contributed by atoms with E-state index < -0.39 is 14.9 Å². The van der Waals surface area contributed by atoms with Gasteiger partial charge in [-0.3, -0.25) is 10.1 Å². The van der Waals surface area contributed by atoms with E-state index in [9.17, 15) is 18.5 Å². The molecule has 0 bridgehead atoms. The molecule has 27 heavy (non-hydrogen) atoms. The standard InChI is InChI=1S/C18H20N4O4S/c23-22(24)16-5-7-18(19-13-16)20-8-10-21(11-9-20)27(25,26)17-6-4-14-2-1-3-15(14)12-17/h4-7,12-13H,1-3,8-11H2. The number of hydrogen-bond donors (Lipinski definition) is 0. The summed E-state index contributed by atoms with van der Waals surface area (Å²) in [5, 5.41) is 10.7. The number of aromatic nitrogens is 1. The zero-order valence-corrected chi connectivity index (χ0v) is 15.6. The highest BCUT2D eigenvalue weighted by Crippen LogP contribution is 2.27. The van der Waals surface area contributed by atoms with Crippen molar-refractivity contribution in [3.8, 4) is 0 Å². The lowest BCUT2D eigenvalue weighted by atomic mass is 10.1. The molecule has 2 aliphatic rings. The summed E-state index contributed by atoms with van der Waals surface area (Å²) in [5.41, 5.74) is 2.34. The third kappa shape index (κ3) is 3.40. The summed E-state index contributed by atoms with van der Waals surface area (Å²) in [4.78, 5) is 16.7. The molecule has 0 atom stereocenters. The van der Waals surface area contributed by atoms with Crippen LogP contribution in [0.25, 0.3) is 0 Å². The molecular weight excluding hydrogens is 368 g/mol. The normalized spacial score (nSPS) is 17.7. The van der Waals surface area contributed by atoms with E-state index in [0.717, 1.165) is 24.8 Å². The topological polar surface area (TPSA) is 96.6 Å². The van der Waals surface area contributed by atoms with Gasteiger partial charge in [0.1, 0.15) is 12.0 Å². The van der Waals surface area contributed by atoms with Gasteiger partial charge in [0.05, 0.1) is 9.82 Å². The summed E-state index contributed by atoms with van der Waals surface area (Å²) in [6.07, 6.45) is 4.28. The SMILES string of the molecule is O=[N+]([O-])c1ccc(N2CCN(S(=O)(=O)c3ccc4c(c3)CCC4)CC2)nc1. The number of pyridine rings is 1. The van der Waals surface area contributed by atoms with Crippen molar-refractivity contribution >= 4 is 21.5 Å². The van der Waals surface area contributed by atoms with Crippen molar-refractivity contribution in [2.45, 2.75) is 24.2 Å². The molecule has 0 N–H and O–H groups in total. The lowest BCUT2D eigenvalue weighted by Gasteiger charge is -2.34. The Hall–Kier alpha value is -2.52. The van der Waals surface area contributed by atoms with Gasteiger partial charge in [-0.05, 0) is 48.6 Å². The lowest BCUT2D eigenvalue weighted by Crippen LogP contribution is -2.48. The molecule has 2 heterocycles. The molecular formula is C18H20N4O4S. The Balaban J connectivity index is 1.46. The maximum atomic E-state index is 13.0. The highest BCUT2D eigenvalue weighted by molar-refractivity contribution is 7.89. The highest BCUT2D eigenvalue weighted by atomic mass is 32.2. The molecule has 1 saturated heterocycles. The second-order valence-electron chi connectivity index (χ2n) is 6.81. The predicted molar refractivity (Wildman–Crippen MR) is 100 cm³/mol. The minimum atomic E-state index is -3.51. The quantitative estimate of drug-likeness (QED) is 0.587. The van der Waals surface area contributed by atoms with Crippen LogP contribution in [0, 0.1) is 10.1 Å². The summed E-state index contributed by atoms with van der Waals surface area (Å²) in [5.74, 6) is 0.621. The van der Waals surface area contributed by atoms with E-state index in [-0.39, 0.29) is 5.69 Å². The number of benzene rings is 1. The van der Waals surface area contributed by atoms with Crippen LogP contribution < -0.4 is 4.90 Å². The zero-order chi connectivity index (χ0) is 19.0. The maximum Gasteiger partial charge on any atom is 0.287 e. The average molecular weight is 388 g/mol. The molecule has 8 nitrogen and oxygen atoms in total. The number of nitro groups is 1. The number of rotatable bonds is 4. The van der Waals surface area contributed by atoms with Gasteiger partial charge in [-0.2, -0.15) is 4.31 Å². The van der Waals surface area contributed by atoms with E-state index in [1.54, 1.807) is 12.1 Å². The van der Waals surface area contributed by atoms with Crippen LogP contribution in [0.2, 0.25) is 0 Å². The number of aryl methyl sites for hydroxylation is 2. The molecule has 4 rings (SSSR count). The van der Waals surface area contributed by atoms with Crippen LogP contribution in [0.1, 0.15) is 17.5 Å². The van der Waals surface area contributed by atoms with Crippen molar-refractivity contribution in [3.05, 3.63) is 57.8 Å². The summed E-state index contributed by atoms with van der Waals surface area (Å²) >= 11 is 0. The maximum absolute atomic E-state index is 13.0. The molecule has 0 radical (unpaired) electrons. The van der Waals surface area contributed by atoms with Crippen molar-refractivity contribution in [1.82, 2.24) is 9.29 Å². The summed E-state index contributed by atoms with van der Waals surface area (Å²) in [7, 11) is -3.51. The minimum absolute atomic E-state index is 0.0587. The van der Waals surface area contributed by atoms with E-state index >= 15 is 0 Å². The Kier molecular flexibility index (Phi) is 4.56. The fourth-order valence-corrected chi connectivity index (χ4v) is 5.16. The van der Waals surface area contributed by atoms with E-state index in [2.05, 4.69) is 4.98 Å². The van der Waals surface area contributed by atoms with Crippen LogP contribution in [0.15, 0.2) is 41.4 Å². The Morgan fingerprint density at radius 3 is 2.41 bits per heavy atom. The van der Waals surface area contributed by atoms with Gasteiger partial charge in [0.25, 0.3) is 5.69 Å². The molecule has 9 heteroatoms. The van der Waals surface area contributed by atoms with Gasteiger partial charge >= 0.3 is 0 Å². The molecule has 0 saturated carbocycles. The van der Waals surface area contributed by atoms with Crippen LogP contribution in [0.4, 0.5) is 11.5 Å². The Labute approximate surface area is 157 Å². The highest BCUT2D eigenvalue weighted by Gasteiger charge is 2.29. The molecule has 0 unspecified atom stereocenters. The van der Waals surface area contributed by atoms with Crippen LogP contribution in [-0.4, -0.2) is 48.8 Å². The lowest BCUT2D eigenvalue weighted by molar-refractivity contribution is -0.385. The number of piperazine rings is 1. The number of hydrogen-bond acceptors (Lipinski definition) is 6. The zero-order valence-electron chi connectivity index (χ0n) is 14.7. The van der Waals surface area contributed by atoms with Crippen LogP contribution >= 0.6 is 0 Å². The molecule has 1 aromatic heterocycles. The fourth-order valence-electron chi connectivity index (χ4n) is 3.69. The molecule has 1 aliphatic carbocycles. The van der Waals surface area contributed by atoms with E-state index in [1.807, 2.05) is 17.0 Å². The van der Waals surface area contributed by atoms with Gasteiger partial charge in [0, 0.05) is 32.2 Å². The monoisotopic (exact) mass is 388 g/mol. The first-order valence-electron chi connectivity index (χ1n) is 8.92. The molecule has 142 valence electrons. The van der Waals surface area contributed by atoms with Crippen molar-refractivity contribution < 1.29 is 13.3 Å². The van der Waals surface area contributed by atoms with E-state index in [4.69, 9.17) is 0 Å². The van der Waals surface area contributed by atoms with Gasteiger partial charge in [-0.15, -0.1) is 0 Å². The number of fused-ring (bicyclic) bond motifs is 1. The number of anilines is 1. The first-order chi connectivity index (χ1) is 12.9. The first kappa shape index (κ1) is 17.9. The molecule has 1 fully saturated rings. The van der Waals surface area contributed by atoms with E-state index in [1.165, 1.54) is 22.1 Å². The van der Waals surface area contributed by atoms with Crippen molar-refractivity contribution in [2.75, 3.05) is 31.1 Å². The molecule has 0 spiro atoms. The summed E-state index contributed by atoms with van der Waals surface area (Å²) in [6.45, 7) is 1.71. The van der Waals surface area contributed by atoms with Crippen molar-refractivity contribution in [1.29, 1.82) is 0 Å². The molecule has 1 aliphatic heterocycles. The van der Waals surface area contributed by atoms with Gasteiger partial charge in [0.2, 0.25) is 10.0 Å². The summed E-state index contributed by atoms with van der Waals surface area (Å²) in [6, 6.07) is 8.48. The second-order valence-corrected chi connectivity index (χ2v) is 8.74. The Morgan fingerprint density at radius 2 is 1.74 bits per heavy atom. The van der Waals surface area contributed by atoms with Crippen LogP contribution in [0.5, 0.6) is 0 Å². The van der Waals surface area contributed by atoms with E-state index in [0.29, 0.717) is 36.9 Å². The van der Waals surface area contributed by atoms with Gasteiger partial charge in [0.15, 0.2) is 0 Å². The van der Waals surface area contributed by atoms with Gasteiger partial charge in [-0.25, -0.2) is 13.4 Å². The van der Waals surface area contributed by atoms with Crippen LogP contribution in [0.3, 0.4) is 0 Å². The average Bonchev–Trinajstić information content (AvgIpc) is 3.16. The predicted octanol–water partition coefficient (Wildman–Crippen LogP) is 1.99.